The maximum Gasteiger partial charge on any atom is 0.271 e. The Labute approximate surface area is 151 Å². The van der Waals surface area contributed by atoms with E-state index >= 15 is 0 Å². The van der Waals surface area contributed by atoms with Crippen LogP contribution >= 0.6 is 11.3 Å². The van der Waals surface area contributed by atoms with Crippen LogP contribution in [-0.4, -0.2) is 29.9 Å². The molecule has 1 saturated heterocycles. The second-order valence-corrected chi connectivity index (χ2v) is 6.97. The molecule has 2 heterocycles. The van der Waals surface area contributed by atoms with Gasteiger partial charge in [-0.25, -0.2) is 4.98 Å². The monoisotopic (exact) mass is 358 g/mol. The Morgan fingerprint density at radius 3 is 2.56 bits per heavy atom. The van der Waals surface area contributed by atoms with Crippen LogP contribution in [0.5, 0.6) is 0 Å². The van der Waals surface area contributed by atoms with Crippen molar-refractivity contribution in [2.24, 2.45) is 0 Å². The summed E-state index contributed by atoms with van der Waals surface area (Å²) in [4.78, 5) is 29.7. The molecule has 2 N–H and O–H groups in total. The van der Waals surface area contributed by atoms with Gasteiger partial charge in [-0.1, -0.05) is 12.1 Å². The summed E-state index contributed by atoms with van der Waals surface area (Å²) in [6, 6.07) is 8.33. The first kappa shape index (κ1) is 17.4. The molecule has 2 aromatic rings. The number of anilines is 2. The molecule has 2 amide bonds. The number of hydrogen-bond acceptors (Lipinski definition) is 5. The first-order valence-electron chi connectivity index (χ1n) is 8.47. The van der Waals surface area contributed by atoms with Crippen LogP contribution in [0.25, 0.3) is 0 Å². The molecule has 0 saturated carbocycles. The normalized spacial score (nSPS) is 14.2. The Bertz CT molecular complexity index is 736. The lowest BCUT2D eigenvalue weighted by atomic mass is 10.1. The molecule has 6 nitrogen and oxygen atoms in total. The van der Waals surface area contributed by atoms with Gasteiger partial charge in [0, 0.05) is 37.6 Å². The van der Waals surface area contributed by atoms with Crippen LogP contribution in [0.1, 0.15) is 42.2 Å². The maximum atomic E-state index is 12.1. The molecule has 0 atom stereocenters. The predicted molar refractivity (Wildman–Crippen MR) is 100 cm³/mol. The fourth-order valence-corrected chi connectivity index (χ4v) is 3.57. The highest BCUT2D eigenvalue weighted by atomic mass is 32.1. The molecule has 0 unspecified atom stereocenters. The third-order valence-electron chi connectivity index (χ3n) is 4.13. The molecule has 1 aliphatic rings. The predicted octanol–water partition coefficient (Wildman–Crippen LogP) is 3.02. The van der Waals surface area contributed by atoms with E-state index in [1.165, 1.54) is 43.2 Å². The summed E-state index contributed by atoms with van der Waals surface area (Å²) in [7, 11) is 0. The zero-order valence-electron chi connectivity index (χ0n) is 14.2. The number of carbonyl (C=O) groups excluding carboxylic acids is 2. The SMILES string of the molecule is CC(=O)Nc1nc(C(=O)NCc2ccc(N3CCCCC3)cc2)cs1. The summed E-state index contributed by atoms with van der Waals surface area (Å²) in [5, 5.41) is 7.51. The van der Waals surface area contributed by atoms with Crippen LogP contribution in [0.15, 0.2) is 29.6 Å². The minimum atomic E-state index is -0.243. The highest BCUT2D eigenvalue weighted by molar-refractivity contribution is 7.14. The Morgan fingerprint density at radius 2 is 1.88 bits per heavy atom. The van der Waals surface area contributed by atoms with Crippen molar-refractivity contribution < 1.29 is 9.59 Å². The third kappa shape index (κ3) is 4.79. The lowest BCUT2D eigenvalue weighted by molar-refractivity contribution is -0.114. The van der Waals surface area contributed by atoms with Gasteiger partial charge in [0.05, 0.1) is 0 Å². The zero-order valence-corrected chi connectivity index (χ0v) is 15.1. The van der Waals surface area contributed by atoms with Gasteiger partial charge in [-0.05, 0) is 37.0 Å². The lowest BCUT2D eigenvalue weighted by Crippen LogP contribution is -2.29. The summed E-state index contributed by atoms with van der Waals surface area (Å²) >= 11 is 1.24. The third-order valence-corrected chi connectivity index (χ3v) is 4.89. The molecule has 1 aliphatic heterocycles. The van der Waals surface area contributed by atoms with Crippen molar-refractivity contribution in [3.8, 4) is 0 Å². The number of carbonyl (C=O) groups is 2. The molecule has 1 fully saturated rings. The quantitative estimate of drug-likeness (QED) is 0.862. The second-order valence-electron chi connectivity index (χ2n) is 6.12. The maximum absolute atomic E-state index is 12.1. The highest BCUT2D eigenvalue weighted by Gasteiger charge is 2.12. The Hall–Kier alpha value is -2.41. The van der Waals surface area contributed by atoms with Crippen LogP contribution in [-0.2, 0) is 11.3 Å². The van der Waals surface area contributed by atoms with Crippen LogP contribution in [0.3, 0.4) is 0 Å². The molecule has 7 heteroatoms. The number of hydrogen-bond donors (Lipinski definition) is 2. The minimum Gasteiger partial charge on any atom is -0.372 e. The van der Waals surface area contributed by atoms with Gasteiger partial charge in [-0.15, -0.1) is 11.3 Å². The molecule has 25 heavy (non-hydrogen) atoms. The fourth-order valence-electron chi connectivity index (χ4n) is 2.84. The van der Waals surface area contributed by atoms with Gasteiger partial charge in [0.25, 0.3) is 5.91 Å². The van der Waals surface area contributed by atoms with E-state index in [9.17, 15) is 9.59 Å². The van der Waals surface area contributed by atoms with E-state index in [0.29, 0.717) is 17.4 Å². The first-order valence-corrected chi connectivity index (χ1v) is 9.35. The molecule has 132 valence electrons. The first-order chi connectivity index (χ1) is 12.1. The molecule has 0 bridgehead atoms. The van der Waals surface area contributed by atoms with Gasteiger partial charge in [-0.2, -0.15) is 0 Å². The molecule has 0 spiro atoms. The molecule has 0 aliphatic carbocycles. The van der Waals surface area contributed by atoms with E-state index < -0.39 is 0 Å². The Morgan fingerprint density at radius 1 is 1.16 bits per heavy atom. The minimum absolute atomic E-state index is 0.199. The fraction of sp³-hybridized carbons (Fsp3) is 0.389. The Balaban J connectivity index is 1.53. The topological polar surface area (TPSA) is 74.3 Å². The van der Waals surface area contributed by atoms with Gasteiger partial charge in [0.2, 0.25) is 5.91 Å². The number of aromatic nitrogens is 1. The lowest BCUT2D eigenvalue weighted by Gasteiger charge is -2.28. The largest absolute Gasteiger partial charge is 0.372 e. The van der Waals surface area contributed by atoms with Crippen LogP contribution in [0, 0.1) is 0 Å². The van der Waals surface area contributed by atoms with Crippen molar-refractivity contribution in [2.45, 2.75) is 32.7 Å². The summed E-state index contributed by atoms with van der Waals surface area (Å²) in [5.41, 5.74) is 2.61. The van der Waals surface area contributed by atoms with Crippen molar-refractivity contribution in [3.63, 3.8) is 0 Å². The summed E-state index contributed by atoms with van der Waals surface area (Å²) in [5.74, 6) is -0.442. The molecule has 0 radical (unpaired) electrons. The zero-order chi connectivity index (χ0) is 17.6. The molecule has 1 aromatic carbocycles. The van der Waals surface area contributed by atoms with Crippen molar-refractivity contribution in [1.82, 2.24) is 10.3 Å². The van der Waals surface area contributed by atoms with E-state index in [1.54, 1.807) is 5.38 Å². The number of rotatable bonds is 5. The number of nitrogens with zero attached hydrogens (tertiary/aromatic N) is 2. The number of benzene rings is 1. The van der Waals surface area contributed by atoms with Gasteiger partial charge < -0.3 is 15.5 Å². The standard InChI is InChI=1S/C18H22N4O2S/c1-13(23)20-18-21-16(12-25-18)17(24)19-11-14-5-7-15(8-6-14)22-9-3-2-4-10-22/h5-8,12H,2-4,9-11H2,1H3,(H,19,24)(H,20,21,23). The van der Waals surface area contributed by atoms with Crippen molar-refractivity contribution in [2.75, 3.05) is 23.3 Å². The number of nitrogens with one attached hydrogen (secondary N) is 2. The number of amides is 2. The highest BCUT2D eigenvalue weighted by Crippen LogP contribution is 2.20. The van der Waals surface area contributed by atoms with Gasteiger partial charge in [0.15, 0.2) is 5.13 Å². The van der Waals surface area contributed by atoms with Gasteiger partial charge >= 0.3 is 0 Å². The van der Waals surface area contributed by atoms with Crippen molar-refractivity contribution >= 4 is 34.0 Å². The Kier molecular flexibility index (Phi) is 5.65. The van der Waals surface area contributed by atoms with E-state index in [-0.39, 0.29) is 11.8 Å². The average molecular weight is 358 g/mol. The molecule has 1 aromatic heterocycles. The van der Waals surface area contributed by atoms with Crippen molar-refractivity contribution in [3.05, 3.63) is 40.9 Å². The van der Waals surface area contributed by atoms with Crippen LogP contribution < -0.4 is 15.5 Å². The summed E-state index contributed by atoms with van der Waals surface area (Å²) < 4.78 is 0. The number of thiazole rings is 1. The van der Waals surface area contributed by atoms with Gasteiger partial charge in [-0.3, -0.25) is 9.59 Å². The van der Waals surface area contributed by atoms with Crippen LogP contribution in [0.2, 0.25) is 0 Å². The number of piperidine rings is 1. The summed E-state index contributed by atoms with van der Waals surface area (Å²) in [6.45, 7) is 4.11. The van der Waals surface area contributed by atoms with Crippen molar-refractivity contribution in [1.29, 1.82) is 0 Å². The van der Waals surface area contributed by atoms with E-state index in [0.717, 1.165) is 18.7 Å². The smallest absolute Gasteiger partial charge is 0.271 e. The molecule has 3 rings (SSSR count). The summed E-state index contributed by atoms with van der Waals surface area (Å²) in [6.07, 6.45) is 3.83. The molecular formula is C18H22N4O2S. The molecular weight excluding hydrogens is 336 g/mol. The van der Waals surface area contributed by atoms with E-state index in [1.807, 2.05) is 12.1 Å². The van der Waals surface area contributed by atoms with Crippen LogP contribution in [0.4, 0.5) is 10.8 Å². The van der Waals surface area contributed by atoms with E-state index in [4.69, 9.17) is 0 Å². The van der Waals surface area contributed by atoms with Gasteiger partial charge in [0.1, 0.15) is 5.69 Å². The average Bonchev–Trinajstić information content (AvgIpc) is 3.09. The second kappa shape index (κ2) is 8.11. The van der Waals surface area contributed by atoms with E-state index in [2.05, 4.69) is 32.7 Å².